The third-order valence-corrected chi connectivity index (χ3v) is 5.53. The van der Waals surface area contributed by atoms with Crippen molar-refractivity contribution in [3.63, 3.8) is 0 Å². The third kappa shape index (κ3) is 7.69. The summed E-state index contributed by atoms with van der Waals surface area (Å²) in [5, 5.41) is 4.93. The van der Waals surface area contributed by atoms with Gasteiger partial charge in [0.25, 0.3) is 0 Å². The maximum absolute atomic E-state index is 13.1. The Morgan fingerprint density at radius 2 is 1.64 bits per heavy atom. The molecular formula is C24H18ClF3N2O2S. The van der Waals surface area contributed by atoms with Crippen LogP contribution in [0, 0.1) is 0 Å². The molecule has 4 nitrogen and oxygen atoms in total. The fourth-order valence-electron chi connectivity index (χ4n) is 2.75. The zero-order chi connectivity index (χ0) is 23.8. The molecule has 170 valence electrons. The number of benzene rings is 3. The fourth-order valence-corrected chi connectivity index (χ4v) is 3.62. The zero-order valence-corrected chi connectivity index (χ0v) is 18.6. The maximum Gasteiger partial charge on any atom is 0.418 e. The number of hydrogen-bond acceptors (Lipinski definition) is 3. The predicted octanol–water partition coefficient (Wildman–Crippen LogP) is 6.74. The lowest BCUT2D eigenvalue weighted by Gasteiger charge is -2.14. The van der Waals surface area contributed by atoms with Gasteiger partial charge in [0.2, 0.25) is 11.8 Å². The Labute approximate surface area is 197 Å². The number of hydrogen-bond donors (Lipinski definition) is 2. The standard InChI is InChI=1S/C24H18ClF3N2O2S/c25-17-7-12-21(20(14-17)24(26,27)28)30-23(32)15-33-19-10-8-18(9-11-19)29-22(31)13-6-16-4-2-1-3-5-16/h1-14H,15H2,(H,29,31)(H,30,32)/b13-6+. The Kier molecular flexibility index (Phi) is 8.19. The normalized spacial score (nSPS) is 11.4. The monoisotopic (exact) mass is 490 g/mol. The molecule has 0 radical (unpaired) electrons. The van der Waals surface area contributed by atoms with E-state index >= 15 is 0 Å². The van der Waals surface area contributed by atoms with Crippen molar-refractivity contribution in [1.82, 2.24) is 0 Å². The number of halogens is 4. The molecule has 0 aliphatic carbocycles. The Bertz CT molecular complexity index is 1150. The third-order valence-electron chi connectivity index (χ3n) is 4.28. The van der Waals surface area contributed by atoms with Crippen LogP contribution in [0.2, 0.25) is 5.02 Å². The second kappa shape index (κ2) is 11.1. The Balaban J connectivity index is 1.52. The highest BCUT2D eigenvalue weighted by Gasteiger charge is 2.34. The largest absolute Gasteiger partial charge is 0.418 e. The second-order valence-electron chi connectivity index (χ2n) is 6.78. The molecule has 0 saturated heterocycles. The second-order valence-corrected chi connectivity index (χ2v) is 8.27. The number of carbonyl (C=O) groups is 2. The molecule has 0 atom stereocenters. The molecule has 0 aliphatic rings. The van der Waals surface area contributed by atoms with E-state index in [1.54, 1.807) is 30.3 Å². The highest BCUT2D eigenvalue weighted by atomic mass is 35.5. The van der Waals surface area contributed by atoms with E-state index < -0.39 is 17.6 Å². The summed E-state index contributed by atoms with van der Waals surface area (Å²) < 4.78 is 39.4. The van der Waals surface area contributed by atoms with E-state index in [0.29, 0.717) is 5.69 Å². The average molecular weight is 491 g/mol. The first-order valence-electron chi connectivity index (χ1n) is 9.64. The Morgan fingerprint density at radius 1 is 0.939 bits per heavy atom. The van der Waals surface area contributed by atoms with E-state index in [-0.39, 0.29) is 22.4 Å². The van der Waals surface area contributed by atoms with E-state index in [1.807, 2.05) is 30.3 Å². The number of rotatable bonds is 7. The van der Waals surface area contributed by atoms with Crippen molar-refractivity contribution in [2.24, 2.45) is 0 Å². The van der Waals surface area contributed by atoms with Crippen LogP contribution in [0.15, 0.2) is 83.8 Å². The quantitative estimate of drug-likeness (QED) is 0.285. The van der Waals surface area contributed by atoms with Crippen LogP contribution in [-0.2, 0) is 15.8 Å². The van der Waals surface area contributed by atoms with Crippen molar-refractivity contribution in [3.8, 4) is 0 Å². The van der Waals surface area contributed by atoms with Gasteiger partial charge in [-0.25, -0.2) is 0 Å². The summed E-state index contributed by atoms with van der Waals surface area (Å²) in [6, 6.07) is 19.3. The molecular weight excluding hydrogens is 473 g/mol. The molecule has 3 rings (SSSR count). The van der Waals surface area contributed by atoms with Crippen molar-refractivity contribution in [3.05, 3.63) is 95.0 Å². The van der Waals surface area contributed by atoms with Crippen LogP contribution in [0.5, 0.6) is 0 Å². The summed E-state index contributed by atoms with van der Waals surface area (Å²) in [7, 11) is 0. The molecule has 33 heavy (non-hydrogen) atoms. The maximum atomic E-state index is 13.1. The van der Waals surface area contributed by atoms with Crippen molar-refractivity contribution >= 4 is 52.6 Å². The number of anilines is 2. The average Bonchev–Trinajstić information content (AvgIpc) is 2.78. The minimum Gasteiger partial charge on any atom is -0.325 e. The van der Waals surface area contributed by atoms with Crippen molar-refractivity contribution in [2.75, 3.05) is 16.4 Å². The van der Waals surface area contributed by atoms with E-state index in [0.717, 1.165) is 34.4 Å². The van der Waals surface area contributed by atoms with Gasteiger partial charge < -0.3 is 10.6 Å². The molecule has 2 amide bonds. The first kappa shape index (κ1) is 24.4. The number of amides is 2. The van der Waals surface area contributed by atoms with Crippen LogP contribution in [0.25, 0.3) is 6.08 Å². The van der Waals surface area contributed by atoms with Crippen LogP contribution < -0.4 is 10.6 Å². The molecule has 0 fully saturated rings. The van der Waals surface area contributed by atoms with Gasteiger partial charge >= 0.3 is 6.18 Å². The molecule has 0 aliphatic heterocycles. The molecule has 0 spiro atoms. The first-order valence-corrected chi connectivity index (χ1v) is 11.0. The van der Waals surface area contributed by atoms with E-state index in [4.69, 9.17) is 11.6 Å². The van der Waals surface area contributed by atoms with Crippen LogP contribution in [0.3, 0.4) is 0 Å². The molecule has 0 unspecified atom stereocenters. The lowest BCUT2D eigenvalue weighted by atomic mass is 10.1. The van der Waals surface area contributed by atoms with Crippen molar-refractivity contribution < 1.29 is 22.8 Å². The highest BCUT2D eigenvalue weighted by molar-refractivity contribution is 8.00. The molecule has 0 saturated carbocycles. The summed E-state index contributed by atoms with van der Waals surface area (Å²) in [6.07, 6.45) is -1.52. The number of carbonyl (C=O) groups excluding carboxylic acids is 2. The van der Waals surface area contributed by atoms with Gasteiger partial charge in [-0.05, 0) is 54.1 Å². The summed E-state index contributed by atoms with van der Waals surface area (Å²) in [6.45, 7) is 0. The number of alkyl halides is 3. The lowest BCUT2D eigenvalue weighted by Crippen LogP contribution is -2.18. The smallest absolute Gasteiger partial charge is 0.325 e. The van der Waals surface area contributed by atoms with Crippen LogP contribution >= 0.6 is 23.4 Å². The van der Waals surface area contributed by atoms with Crippen molar-refractivity contribution in [1.29, 1.82) is 0 Å². The van der Waals surface area contributed by atoms with Gasteiger partial charge in [-0.1, -0.05) is 41.9 Å². The summed E-state index contributed by atoms with van der Waals surface area (Å²) in [4.78, 5) is 24.9. The van der Waals surface area contributed by atoms with E-state index in [1.165, 1.54) is 12.1 Å². The minimum atomic E-state index is -4.64. The van der Waals surface area contributed by atoms with Gasteiger partial charge in [-0.15, -0.1) is 11.8 Å². The van der Waals surface area contributed by atoms with Gasteiger partial charge in [0.1, 0.15) is 0 Å². The van der Waals surface area contributed by atoms with Gasteiger partial charge in [-0.2, -0.15) is 13.2 Å². The summed E-state index contributed by atoms with van der Waals surface area (Å²) in [5.41, 5.74) is 0.120. The van der Waals surface area contributed by atoms with Gasteiger partial charge in [0.15, 0.2) is 0 Å². The molecule has 3 aromatic carbocycles. The van der Waals surface area contributed by atoms with Crippen molar-refractivity contribution in [2.45, 2.75) is 11.1 Å². The summed E-state index contributed by atoms with van der Waals surface area (Å²) >= 11 is 6.80. The highest BCUT2D eigenvalue weighted by Crippen LogP contribution is 2.36. The molecule has 0 heterocycles. The van der Waals surface area contributed by atoms with Gasteiger partial charge in [0, 0.05) is 21.7 Å². The lowest BCUT2D eigenvalue weighted by molar-refractivity contribution is -0.137. The predicted molar refractivity (Wildman–Crippen MR) is 126 cm³/mol. The minimum absolute atomic E-state index is 0.0718. The van der Waals surface area contributed by atoms with Crippen LogP contribution in [-0.4, -0.2) is 17.6 Å². The Hall–Kier alpha value is -3.23. The molecule has 3 aromatic rings. The Morgan fingerprint density at radius 3 is 2.30 bits per heavy atom. The number of thioether (sulfide) groups is 1. The zero-order valence-electron chi connectivity index (χ0n) is 17.0. The SMILES string of the molecule is O=C(/C=C/c1ccccc1)Nc1ccc(SCC(=O)Nc2ccc(Cl)cc2C(F)(F)F)cc1. The topological polar surface area (TPSA) is 58.2 Å². The van der Waals surface area contributed by atoms with Crippen LogP contribution in [0.1, 0.15) is 11.1 Å². The van der Waals surface area contributed by atoms with Crippen LogP contribution in [0.4, 0.5) is 24.5 Å². The molecule has 0 bridgehead atoms. The van der Waals surface area contributed by atoms with E-state index in [9.17, 15) is 22.8 Å². The van der Waals surface area contributed by atoms with E-state index in [2.05, 4.69) is 10.6 Å². The van der Waals surface area contributed by atoms with Gasteiger partial charge in [0.05, 0.1) is 17.0 Å². The van der Waals surface area contributed by atoms with Gasteiger partial charge in [-0.3, -0.25) is 9.59 Å². The molecule has 2 N–H and O–H groups in total. The summed E-state index contributed by atoms with van der Waals surface area (Å²) in [5.74, 6) is -0.968. The number of nitrogens with one attached hydrogen (secondary N) is 2. The molecule has 9 heteroatoms. The first-order chi connectivity index (χ1) is 15.7. The fraction of sp³-hybridized carbons (Fsp3) is 0.0833. The molecule has 0 aromatic heterocycles.